The van der Waals surface area contributed by atoms with Crippen molar-refractivity contribution in [2.24, 2.45) is 0 Å². The van der Waals surface area contributed by atoms with E-state index in [1.165, 1.54) is 6.20 Å². The minimum absolute atomic E-state index is 0.270. The number of aromatic nitrogens is 1. The molecule has 1 fully saturated rings. The maximum absolute atomic E-state index is 11.3. The molecule has 3 rings (SSSR count). The first-order valence-electron chi connectivity index (χ1n) is 7.14. The van der Waals surface area contributed by atoms with Crippen molar-refractivity contribution in [3.8, 4) is 0 Å². The molecule has 5 nitrogen and oxygen atoms in total. The number of carboxylic acid groups (broad SMARTS) is 1. The Morgan fingerprint density at radius 2 is 2.24 bits per heavy atom. The van der Waals surface area contributed by atoms with Gasteiger partial charge in [0.1, 0.15) is 0 Å². The van der Waals surface area contributed by atoms with Crippen LogP contribution in [0.2, 0.25) is 0 Å². The van der Waals surface area contributed by atoms with Gasteiger partial charge in [0.05, 0.1) is 23.8 Å². The summed E-state index contributed by atoms with van der Waals surface area (Å²) in [5, 5.41) is 9.98. The number of hydrogen-bond donors (Lipinski definition) is 1. The second-order valence-corrected chi connectivity index (χ2v) is 5.32. The van der Waals surface area contributed by atoms with E-state index in [1.807, 2.05) is 18.2 Å². The van der Waals surface area contributed by atoms with Crippen molar-refractivity contribution in [2.45, 2.75) is 19.4 Å². The second kappa shape index (κ2) is 5.69. The van der Waals surface area contributed by atoms with E-state index >= 15 is 0 Å². The van der Waals surface area contributed by atoms with Crippen molar-refractivity contribution in [3.05, 3.63) is 36.0 Å². The van der Waals surface area contributed by atoms with Crippen LogP contribution in [0.25, 0.3) is 10.9 Å². The lowest BCUT2D eigenvalue weighted by molar-refractivity contribution is 0.0698. The molecule has 1 aromatic heterocycles. The average molecular weight is 286 g/mol. The number of carboxylic acids is 1. The van der Waals surface area contributed by atoms with Crippen molar-refractivity contribution in [2.75, 3.05) is 24.6 Å². The van der Waals surface area contributed by atoms with E-state index in [0.717, 1.165) is 25.2 Å². The molecule has 21 heavy (non-hydrogen) atoms. The quantitative estimate of drug-likeness (QED) is 0.919. The van der Waals surface area contributed by atoms with E-state index in [1.54, 1.807) is 6.07 Å². The Morgan fingerprint density at radius 3 is 3.05 bits per heavy atom. The minimum Gasteiger partial charge on any atom is -0.478 e. The predicted octanol–water partition coefficient (Wildman–Crippen LogP) is 2.55. The van der Waals surface area contributed by atoms with Gasteiger partial charge in [0.25, 0.3) is 0 Å². The molecular weight excluding hydrogens is 268 g/mol. The third kappa shape index (κ3) is 2.83. The van der Waals surface area contributed by atoms with E-state index in [0.29, 0.717) is 23.1 Å². The van der Waals surface area contributed by atoms with E-state index < -0.39 is 5.97 Å². The molecule has 110 valence electrons. The van der Waals surface area contributed by atoms with Crippen LogP contribution >= 0.6 is 0 Å². The highest BCUT2D eigenvalue weighted by Crippen LogP contribution is 2.25. The van der Waals surface area contributed by atoms with Crippen LogP contribution in [0.3, 0.4) is 0 Å². The molecule has 1 aromatic carbocycles. The SMILES string of the molecule is C[C@@H]1CCN(c2ccc3nccc(C(=O)O)c3c2)CCO1. The Labute approximate surface area is 123 Å². The maximum Gasteiger partial charge on any atom is 0.336 e. The molecule has 5 heteroatoms. The summed E-state index contributed by atoms with van der Waals surface area (Å²) in [6.07, 6.45) is 2.77. The number of rotatable bonds is 2. The Bertz CT molecular complexity index is 672. The smallest absolute Gasteiger partial charge is 0.336 e. The fraction of sp³-hybridized carbons (Fsp3) is 0.375. The Hall–Kier alpha value is -2.14. The van der Waals surface area contributed by atoms with Gasteiger partial charge in [0.15, 0.2) is 0 Å². The highest BCUT2D eigenvalue weighted by molar-refractivity contribution is 6.03. The summed E-state index contributed by atoms with van der Waals surface area (Å²) in [6.45, 7) is 4.50. The second-order valence-electron chi connectivity index (χ2n) is 5.32. The zero-order valence-electron chi connectivity index (χ0n) is 12.0. The fourth-order valence-electron chi connectivity index (χ4n) is 2.67. The number of carbonyl (C=O) groups is 1. The number of nitrogens with zero attached hydrogens (tertiary/aromatic N) is 2. The Kier molecular flexibility index (Phi) is 3.75. The third-order valence-electron chi connectivity index (χ3n) is 3.89. The normalized spacial score (nSPS) is 19.5. The van der Waals surface area contributed by atoms with Crippen LogP contribution in [0.4, 0.5) is 5.69 Å². The number of anilines is 1. The molecule has 2 heterocycles. The van der Waals surface area contributed by atoms with Crippen molar-refractivity contribution in [3.63, 3.8) is 0 Å². The highest BCUT2D eigenvalue weighted by Gasteiger charge is 2.16. The van der Waals surface area contributed by atoms with Gasteiger partial charge in [-0.15, -0.1) is 0 Å². The standard InChI is InChI=1S/C16H18N2O3/c1-11-5-7-18(8-9-21-11)12-2-3-15-14(10-12)13(16(19)20)4-6-17-15/h2-4,6,10-11H,5,7-9H2,1H3,(H,19,20)/t11-/m1/s1. The number of pyridine rings is 1. The van der Waals surface area contributed by atoms with Crippen LogP contribution in [-0.2, 0) is 4.74 Å². The molecule has 2 aromatic rings. The fourth-order valence-corrected chi connectivity index (χ4v) is 2.67. The minimum atomic E-state index is -0.924. The van der Waals surface area contributed by atoms with Gasteiger partial charge in [0.2, 0.25) is 0 Å². The molecule has 0 radical (unpaired) electrons. The van der Waals surface area contributed by atoms with Crippen LogP contribution in [0, 0.1) is 0 Å². The zero-order chi connectivity index (χ0) is 14.8. The van der Waals surface area contributed by atoms with E-state index in [-0.39, 0.29) is 6.10 Å². The highest BCUT2D eigenvalue weighted by atomic mass is 16.5. The number of benzene rings is 1. The van der Waals surface area contributed by atoms with Crippen LogP contribution in [0.1, 0.15) is 23.7 Å². The molecular formula is C16H18N2O3. The summed E-state index contributed by atoms with van der Waals surface area (Å²) in [6, 6.07) is 7.34. The van der Waals surface area contributed by atoms with Gasteiger partial charge in [-0.25, -0.2) is 4.79 Å². The molecule has 0 bridgehead atoms. The van der Waals surface area contributed by atoms with Gasteiger partial charge in [-0.05, 0) is 37.6 Å². The lowest BCUT2D eigenvalue weighted by atomic mass is 10.1. The Morgan fingerprint density at radius 1 is 1.38 bits per heavy atom. The number of hydrogen-bond acceptors (Lipinski definition) is 4. The molecule has 1 N–H and O–H groups in total. The first kappa shape index (κ1) is 13.8. The monoisotopic (exact) mass is 286 g/mol. The predicted molar refractivity (Wildman–Crippen MR) is 80.9 cm³/mol. The molecule has 1 saturated heterocycles. The lowest BCUT2D eigenvalue weighted by Gasteiger charge is -2.22. The molecule has 1 aliphatic rings. The molecule has 1 aliphatic heterocycles. The zero-order valence-corrected chi connectivity index (χ0v) is 12.0. The topological polar surface area (TPSA) is 62.7 Å². The summed E-state index contributed by atoms with van der Waals surface area (Å²) in [5.74, 6) is -0.924. The van der Waals surface area contributed by atoms with Gasteiger partial charge >= 0.3 is 5.97 Å². The van der Waals surface area contributed by atoms with Crippen molar-refractivity contribution >= 4 is 22.6 Å². The molecule has 0 aliphatic carbocycles. The summed E-state index contributed by atoms with van der Waals surface area (Å²) < 4.78 is 5.66. The van der Waals surface area contributed by atoms with Crippen LogP contribution in [0.5, 0.6) is 0 Å². The van der Waals surface area contributed by atoms with Crippen LogP contribution in [-0.4, -0.2) is 41.9 Å². The maximum atomic E-state index is 11.3. The van der Waals surface area contributed by atoms with Gasteiger partial charge < -0.3 is 14.7 Å². The molecule has 0 unspecified atom stereocenters. The average Bonchev–Trinajstić information content (AvgIpc) is 2.70. The van der Waals surface area contributed by atoms with Crippen LogP contribution < -0.4 is 4.90 Å². The summed E-state index contributed by atoms with van der Waals surface area (Å²) in [4.78, 5) is 17.8. The third-order valence-corrected chi connectivity index (χ3v) is 3.89. The summed E-state index contributed by atoms with van der Waals surface area (Å²) >= 11 is 0. The van der Waals surface area contributed by atoms with Gasteiger partial charge in [-0.1, -0.05) is 0 Å². The van der Waals surface area contributed by atoms with E-state index in [2.05, 4.69) is 16.8 Å². The van der Waals surface area contributed by atoms with Crippen molar-refractivity contribution < 1.29 is 14.6 Å². The van der Waals surface area contributed by atoms with E-state index in [9.17, 15) is 9.90 Å². The van der Waals surface area contributed by atoms with Gasteiger partial charge in [-0.3, -0.25) is 4.98 Å². The lowest BCUT2D eigenvalue weighted by Crippen LogP contribution is -2.25. The first-order chi connectivity index (χ1) is 10.1. The first-order valence-corrected chi connectivity index (χ1v) is 7.14. The summed E-state index contributed by atoms with van der Waals surface area (Å²) in [7, 11) is 0. The summed E-state index contributed by atoms with van der Waals surface area (Å²) in [5.41, 5.74) is 2.02. The van der Waals surface area contributed by atoms with Crippen LogP contribution in [0.15, 0.2) is 30.5 Å². The molecule has 0 saturated carbocycles. The molecule has 1 atom stereocenters. The number of aromatic carboxylic acids is 1. The number of ether oxygens (including phenoxy) is 1. The Balaban J connectivity index is 2.00. The largest absolute Gasteiger partial charge is 0.478 e. The van der Waals surface area contributed by atoms with Gasteiger partial charge in [0, 0.05) is 30.4 Å². The van der Waals surface area contributed by atoms with Crippen molar-refractivity contribution in [1.82, 2.24) is 4.98 Å². The number of fused-ring (bicyclic) bond motifs is 1. The van der Waals surface area contributed by atoms with E-state index in [4.69, 9.17) is 4.74 Å². The molecule has 0 amide bonds. The van der Waals surface area contributed by atoms with Crippen molar-refractivity contribution in [1.29, 1.82) is 0 Å². The molecule has 0 spiro atoms. The van der Waals surface area contributed by atoms with Gasteiger partial charge in [-0.2, -0.15) is 0 Å².